The second-order valence-corrected chi connectivity index (χ2v) is 1.70. The standard InChI is InChI=1S/C4H6F3NO3.ClH/c5-4(6,7)11-1-2(8)3(9)10;/h2H,1,8H2,(H,9,10);1H. The molecule has 0 aromatic carbocycles. The first kappa shape index (κ1) is 14.0. The summed E-state index contributed by atoms with van der Waals surface area (Å²) in [5.74, 6) is -1.53. The van der Waals surface area contributed by atoms with E-state index in [2.05, 4.69) is 4.74 Å². The number of ether oxygens (including phenoxy) is 1. The summed E-state index contributed by atoms with van der Waals surface area (Å²) >= 11 is 0. The van der Waals surface area contributed by atoms with Gasteiger partial charge in [0.25, 0.3) is 0 Å². The maximum Gasteiger partial charge on any atom is 0.522 e. The average Bonchev–Trinajstić information content (AvgIpc) is 1.80. The zero-order valence-corrected chi connectivity index (χ0v) is 6.48. The molecule has 0 radical (unpaired) electrons. The zero-order valence-electron chi connectivity index (χ0n) is 5.67. The van der Waals surface area contributed by atoms with E-state index in [4.69, 9.17) is 10.8 Å². The minimum atomic E-state index is -4.83. The molecule has 0 rings (SSSR count). The first-order chi connectivity index (χ1) is 4.83. The van der Waals surface area contributed by atoms with Gasteiger partial charge in [-0.2, -0.15) is 0 Å². The smallest absolute Gasteiger partial charge is 0.480 e. The fourth-order valence-corrected chi connectivity index (χ4v) is 0.256. The van der Waals surface area contributed by atoms with E-state index >= 15 is 0 Å². The van der Waals surface area contributed by atoms with Crippen LogP contribution in [0.1, 0.15) is 0 Å². The zero-order chi connectivity index (χ0) is 9.07. The fraction of sp³-hybridized carbons (Fsp3) is 0.750. The summed E-state index contributed by atoms with van der Waals surface area (Å²) in [4.78, 5) is 9.84. The summed E-state index contributed by atoms with van der Waals surface area (Å²) in [6.45, 7) is -1.07. The molecule has 12 heavy (non-hydrogen) atoms. The SMILES string of the molecule is Cl.NC(COC(F)(F)F)C(=O)O. The Bertz CT molecular complexity index is 151. The molecule has 4 nitrogen and oxygen atoms in total. The Balaban J connectivity index is 0. The highest BCUT2D eigenvalue weighted by Crippen LogP contribution is 2.15. The number of halogens is 4. The van der Waals surface area contributed by atoms with Crippen LogP contribution >= 0.6 is 12.4 Å². The van der Waals surface area contributed by atoms with Crippen molar-refractivity contribution in [3.8, 4) is 0 Å². The maximum atomic E-state index is 11.2. The Hall–Kier alpha value is -0.530. The summed E-state index contributed by atoms with van der Waals surface area (Å²) in [5.41, 5.74) is 4.70. The van der Waals surface area contributed by atoms with Gasteiger partial charge in [0.2, 0.25) is 0 Å². The van der Waals surface area contributed by atoms with Gasteiger partial charge in [-0.05, 0) is 0 Å². The molecule has 0 spiro atoms. The summed E-state index contributed by atoms with van der Waals surface area (Å²) in [6.07, 6.45) is -4.83. The molecule has 0 amide bonds. The van der Waals surface area contributed by atoms with Crippen molar-refractivity contribution in [3.63, 3.8) is 0 Å². The van der Waals surface area contributed by atoms with E-state index in [1.54, 1.807) is 0 Å². The number of nitrogens with two attached hydrogens (primary N) is 1. The van der Waals surface area contributed by atoms with Gasteiger partial charge in [0, 0.05) is 0 Å². The Morgan fingerprint density at radius 3 is 2.25 bits per heavy atom. The number of hydrogen-bond acceptors (Lipinski definition) is 3. The fourth-order valence-electron chi connectivity index (χ4n) is 0.256. The van der Waals surface area contributed by atoms with Crippen molar-refractivity contribution in [2.24, 2.45) is 5.73 Å². The lowest BCUT2D eigenvalue weighted by Crippen LogP contribution is -2.37. The lowest BCUT2D eigenvalue weighted by atomic mass is 10.3. The van der Waals surface area contributed by atoms with E-state index in [1.165, 1.54) is 0 Å². The molecule has 1 unspecified atom stereocenters. The lowest BCUT2D eigenvalue weighted by molar-refractivity contribution is -0.325. The highest BCUT2D eigenvalue weighted by molar-refractivity contribution is 5.85. The van der Waals surface area contributed by atoms with Gasteiger partial charge >= 0.3 is 12.3 Å². The first-order valence-corrected chi connectivity index (χ1v) is 2.52. The van der Waals surface area contributed by atoms with Crippen LogP contribution in [0.5, 0.6) is 0 Å². The number of aliphatic carboxylic acids is 1. The van der Waals surface area contributed by atoms with Crippen LogP contribution in [0.4, 0.5) is 13.2 Å². The summed E-state index contributed by atoms with van der Waals surface area (Å²) in [6, 6.07) is -1.64. The topological polar surface area (TPSA) is 72.5 Å². The molecule has 0 saturated carbocycles. The predicted molar refractivity (Wildman–Crippen MR) is 34.9 cm³/mol. The highest BCUT2D eigenvalue weighted by Gasteiger charge is 2.30. The number of carbonyl (C=O) groups is 1. The van der Waals surface area contributed by atoms with Crippen molar-refractivity contribution >= 4 is 18.4 Å². The predicted octanol–water partition coefficient (Wildman–Crippen LogP) is 0.357. The summed E-state index contributed by atoms with van der Waals surface area (Å²) < 4.78 is 36.8. The highest BCUT2D eigenvalue weighted by atomic mass is 35.5. The number of carboxylic acids is 1. The molecule has 3 N–H and O–H groups in total. The molecule has 74 valence electrons. The van der Waals surface area contributed by atoms with Crippen LogP contribution in [0, 0.1) is 0 Å². The van der Waals surface area contributed by atoms with Crippen LogP contribution in [0.2, 0.25) is 0 Å². The molecule has 1 atom stereocenters. The van der Waals surface area contributed by atoms with Crippen LogP contribution < -0.4 is 5.73 Å². The van der Waals surface area contributed by atoms with E-state index in [-0.39, 0.29) is 12.4 Å². The van der Waals surface area contributed by atoms with Gasteiger partial charge in [-0.25, -0.2) is 0 Å². The number of rotatable bonds is 3. The molecule has 0 aliphatic heterocycles. The quantitative estimate of drug-likeness (QED) is 0.704. The van der Waals surface area contributed by atoms with Gasteiger partial charge in [0.05, 0.1) is 6.61 Å². The van der Waals surface area contributed by atoms with Crippen LogP contribution in [0.3, 0.4) is 0 Å². The van der Waals surface area contributed by atoms with Crippen molar-refractivity contribution < 1.29 is 27.8 Å². The molecular weight excluding hydrogens is 202 g/mol. The van der Waals surface area contributed by atoms with E-state index in [0.717, 1.165) is 0 Å². The molecule has 0 aliphatic rings. The Morgan fingerprint density at radius 2 is 2.00 bits per heavy atom. The van der Waals surface area contributed by atoms with Crippen molar-refractivity contribution in [2.45, 2.75) is 12.4 Å². The molecule has 0 aromatic rings. The summed E-state index contributed by atoms with van der Waals surface area (Å²) in [7, 11) is 0. The minimum Gasteiger partial charge on any atom is -0.480 e. The Kier molecular flexibility index (Phi) is 6.05. The van der Waals surface area contributed by atoms with Crippen molar-refractivity contribution in [1.29, 1.82) is 0 Å². The van der Waals surface area contributed by atoms with Crippen molar-refractivity contribution in [2.75, 3.05) is 6.61 Å². The van der Waals surface area contributed by atoms with E-state index in [0.29, 0.717) is 0 Å². The second-order valence-electron chi connectivity index (χ2n) is 1.70. The molecule has 0 aliphatic carbocycles. The monoisotopic (exact) mass is 209 g/mol. The molecule has 0 saturated heterocycles. The minimum absolute atomic E-state index is 0. The molecule has 0 heterocycles. The van der Waals surface area contributed by atoms with Gasteiger partial charge in [-0.15, -0.1) is 25.6 Å². The lowest BCUT2D eigenvalue weighted by Gasteiger charge is -2.09. The van der Waals surface area contributed by atoms with Gasteiger partial charge in [-0.3, -0.25) is 9.53 Å². The van der Waals surface area contributed by atoms with Crippen LogP contribution in [-0.4, -0.2) is 30.1 Å². The van der Waals surface area contributed by atoms with Crippen LogP contribution in [0.15, 0.2) is 0 Å². The van der Waals surface area contributed by atoms with E-state index in [9.17, 15) is 18.0 Å². The maximum absolute atomic E-state index is 11.2. The molecule has 0 aromatic heterocycles. The Labute approximate surface area is 71.9 Å². The van der Waals surface area contributed by atoms with Crippen LogP contribution in [0.25, 0.3) is 0 Å². The van der Waals surface area contributed by atoms with Crippen molar-refractivity contribution in [1.82, 2.24) is 0 Å². The number of alkyl halides is 3. The van der Waals surface area contributed by atoms with Gasteiger partial charge in [0.1, 0.15) is 6.04 Å². The third-order valence-electron chi connectivity index (χ3n) is 0.744. The number of carboxylic acid groups (broad SMARTS) is 1. The average molecular weight is 210 g/mol. The normalized spacial score (nSPS) is 13.3. The van der Waals surface area contributed by atoms with Gasteiger partial charge < -0.3 is 10.8 Å². The third kappa shape index (κ3) is 7.58. The van der Waals surface area contributed by atoms with E-state index < -0.39 is 25.0 Å². The van der Waals surface area contributed by atoms with Crippen molar-refractivity contribution in [3.05, 3.63) is 0 Å². The third-order valence-corrected chi connectivity index (χ3v) is 0.744. The van der Waals surface area contributed by atoms with E-state index in [1.807, 2.05) is 0 Å². The molecule has 8 heteroatoms. The summed E-state index contributed by atoms with van der Waals surface area (Å²) in [5, 5.41) is 8.01. The Morgan fingerprint density at radius 1 is 1.58 bits per heavy atom. The van der Waals surface area contributed by atoms with Gasteiger partial charge in [-0.1, -0.05) is 0 Å². The molecule has 0 bridgehead atoms. The van der Waals surface area contributed by atoms with Gasteiger partial charge in [0.15, 0.2) is 0 Å². The largest absolute Gasteiger partial charge is 0.522 e. The second kappa shape index (κ2) is 5.18. The first-order valence-electron chi connectivity index (χ1n) is 2.52. The molecular formula is C4H7ClF3NO3. The number of hydrogen-bond donors (Lipinski definition) is 2. The molecule has 0 fully saturated rings. The van der Waals surface area contributed by atoms with Crippen LogP contribution in [-0.2, 0) is 9.53 Å².